The maximum atomic E-state index is 11.9. The van der Waals surface area contributed by atoms with E-state index in [0.29, 0.717) is 24.2 Å². The highest BCUT2D eigenvalue weighted by atomic mass is 16.5. The second-order valence-electron chi connectivity index (χ2n) is 4.66. The molecule has 2 aromatic rings. The number of anilines is 2. The maximum absolute atomic E-state index is 11.9. The molecule has 0 heterocycles. The van der Waals surface area contributed by atoms with E-state index in [0.717, 1.165) is 5.69 Å². The average molecular weight is 298 g/mol. The zero-order valence-electron chi connectivity index (χ0n) is 12.3. The molecule has 2 rings (SSSR count). The third-order valence-electron chi connectivity index (χ3n) is 3.02. The number of benzene rings is 2. The van der Waals surface area contributed by atoms with Crippen LogP contribution in [0.5, 0.6) is 0 Å². The number of carbonyl (C=O) groups is 2. The SMILES string of the molecule is COC(=O)c1cccc(NC(=O)CCNc2ccccc2)c1. The number of carbonyl (C=O) groups excluding carboxylic acids is 2. The van der Waals surface area contributed by atoms with Gasteiger partial charge in [-0.25, -0.2) is 4.79 Å². The summed E-state index contributed by atoms with van der Waals surface area (Å²) in [6.45, 7) is 0.534. The number of amides is 1. The molecular weight excluding hydrogens is 280 g/mol. The summed E-state index contributed by atoms with van der Waals surface area (Å²) < 4.78 is 4.65. The average Bonchev–Trinajstić information content (AvgIpc) is 2.55. The fraction of sp³-hybridized carbons (Fsp3) is 0.176. The first-order valence-electron chi connectivity index (χ1n) is 6.96. The van der Waals surface area contributed by atoms with E-state index in [2.05, 4.69) is 15.4 Å². The van der Waals surface area contributed by atoms with Gasteiger partial charge in [0.2, 0.25) is 5.91 Å². The van der Waals surface area contributed by atoms with Crippen molar-refractivity contribution >= 4 is 23.3 Å². The van der Waals surface area contributed by atoms with Gasteiger partial charge in [-0.05, 0) is 30.3 Å². The van der Waals surface area contributed by atoms with E-state index < -0.39 is 5.97 Å². The highest BCUT2D eigenvalue weighted by Gasteiger charge is 2.07. The van der Waals surface area contributed by atoms with Gasteiger partial charge >= 0.3 is 5.97 Å². The molecule has 0 unspecified atom stereocenters. The van der Waals surface area contributed by atoms with E-state index in [-0.39, 0.29) is 5.91 Å². The molecule has 5 nitrogen and oxygen atoms in total. The van der Waals surface area contributed by atoms with E-state index in [9.17, 15) is 9.59 Å². The lowest BCUT2D eigenvalue weighted by Gasteiger charge is -2.08. The molecule has 22 heavy (non-hydrogen) atoms. The normalized spacial score (nSPS) is 9.86. The molecule has 0 bridgehead atoms. The van der Waals surface area contributed by atoms with Crippen molar-refractivity contribution in [3.05, 3.63) is 60.2 Å². The molecule has 0 saturated heterocycles. The monoisotopic (exact) mass is 298 g/mol. The van der Waals surface area contributed by atoms with Crippen LogP contribution in [-0.4, -0.2) is 25.5 Å². The smallest absolute Gasteiger partial charge is 0.337 e. The summed E-state index contributed by atoms with van der Waals surface area (Å²) in [4.78, 5) is 23.3. The van der Waals surface area contributed by atoms with Crippen LogP contribution in [0.25, 0.3) is 0 Å². The Morgan fingerprint density at radius 2 is 1.73 bits per heavy atom. The Hall–Kier alpha value is -2.82. The Labute approximate surface area is 129 Å². The highest BCUT2D eigenvalue weighted by Crippen LogP contribution is 2.12. The predicted octanol–water partition coefficient (Wildman–Crippen LogP) is 2.91. The summed E-state index contributed by atoms with van der Waals surface area (Å²) in [5.41, 5.74) is 1.96. The van der Waals surface area contributed by atoms with E-state index in [4.69, 9.17) is 0 Å². The number of para-hydroxylation sites is 1. The zero-order chi connectivity index (χ0) is 15.8. The van der Waals surface area contributed by atoms with Crippen LogP contribution in [0.15, 0.2) is 54.6 Å². The molecule has 114 valence electrons. The van der Waals surface area contributed by atoms with Crippen LogP contribution in [0.3, 0.4) is 0 Å². The highest BCUT2D eigenvalue weighted by molar-refractivity contribution is 5.94. The zero-order valence-corrected chi connectivity index (χ0v) is 12.3. The van der Waals surface area contributed by atoms with Gasteiger partial charge in [-0.2, -0.15) is 0 Å². The second-order valence-corrected chi connectivity index (χ2v) is 4.66. The molecule has 0 fully saturated rings. The van der Waals surface area contributed by atoms with Crippen LogP contribution < -0.4 is 10.6 Å². The third kappa shape index (κ3) is 4.63. The molecule has 0 aliphatic heterocycles. The molecule has 0 aromatic heterocycles. The van der Waals surface area contributed by atoms with Crippen molar-refractivity contribution in [1.82, 2.24) is 0 Å². The van der Waals surface area contributed by atoms with Crippen LogP contribution >= 0.6 is 0 Å². The summed E-state index contributed by atoms with van der Waals surface area (Å²) in [5.74, 6) is -0.549. The first-order valence-corrected chi connectivity index (χ1v) is 6.96. The number of methoxy groups -OCH3 is 1. The number of esters is 1. The van der Waals surface area contributed by atoms with Crippen molar-refractivity contribution in [1.29, 1.82) is 0 Å². The topological polar surface area (TPSA) is 67.4 Å². The molecule has 2 aromatic carbocycles. The van der Waals surface area contributed by atoms with Crippen LogP contribution in [0, 0.1) is 0 Å². The van der Waals surface area contributed by atoms with E-state index in [1.165, 1.54) is 7.11 Å². The Bertz CT molecular complexity index is 641. The van der Waals surface area contributed by atoms with Crippen molar-refractivity contribution in [3.8, 4) is 0 Å². The molecule has 2 N–H and O–H groups in total. The number of ether oxygens (including phenoxy) is 1. The van der Waals surface area contributed by atoms with Crippen LogP contribution in [0.4, 0.5) is 11.4 Å². The van der Waals surface area contributed by atoms with Gasteiger partial charge in [0.25, 0.3) is 0 Å². The molecule has 0 saturated carbocycles. The van der Waals surface area contributed by atoms with Crippen molar-refractivity contribution in [2.45, 2.75) is 6.42 Å². The summed E-state index contributed by atoms with van der Waals surface area (Å²) in [5, 5.41) is 5.93. The minimum Gasteiger partial charge on any atom is -0.465 e. The lowest BCUT2D eigenvalue weighted by molar-refractivity contribution is -0.115. The minimum atomic E-state index is -0.429. The molecule has 1 amide bonds. The van der Waals surface area contributed by atoms with Crippen LogP contribution in [-0.2, 0) is 9.53 Å². The first kappa shape index (κ1) is 15.6. The summed E-state index contributed by atoms with van der Waals surface area (Å²) >= 11 is 0. The Morgan fingerprint density at radius 1 is 1.00 bits per heavy atom. The quantitative estimate of drug-likeness (QED) is 0.805. The number of nitrogens with one attached hydrogen (secondary N) is 2. The van der Waals surface area contributed by atoms with Gasteiger partial charge in [-0.15, -0.1) is 0 Å². The van der Waals surface area contributed by atoms with E-state index in [1.807, 2.05) is 30.3 Å². The molecule has 0 atom stereocenters. The molecule has 0 aliphatic carbocycles. The maximum Gasteiger partial charge on any atom is 0.337 e. The molecule has 0 aliphatic rings. The van der Waals surface area contributed by atoms with E-state index >= 15 is 0 Å². The van der Waals surface area contributed by atoms with Gasteiger partial charge < -0.3 is 15.4 Å². The van der Waals surface area contributed by atoms with Crippen molar-refractivity contribution in [3.63, 3.8) is 0 Å². The van der Waals surface area contributed by atoms with Gasteiger partial charge in [0.1, 0.15) is 0 Å². The van der Waals surface area contributed by atoms with Crippen molar-refractivity contribution < 1.29 is 14.3 Å². The van der Waals surface area contributed by atoms with Gasteiger partial charge in [0, 0.05) is 24.3 Å². The summed E-state index contributed by atoms with van der Waals surface area (Å²) in [6, 6.07) is 16.3. The van der Waals surface area contributed by atoms with Gasteiger partial charge in [0.05, 0.1) is 12.7 Å². The van der Waals surface area contributed by atoms with E-state index in [1.54, 1.807) is 24.3 Å². The number of rotatable bonds is 6. The molecule has 0 radical (unpaired) electrons. The van der Waals surface area contributed by atoms with Crippen LogP contribution in [0.2, 0.25) is 0 Å². The first-order chi connectivity index (χ1) is 10.7. The number of hydrogen-bond donors (Lipinski definition) is 2. The predicted molar refractivity (Wildman–Crippen MR) is 86.0 cm³/mol. The third-order valence-corrected chi connectivity index (χ3v) is 3.02. The van der Waals surface area contributed by atoms with Gasteiger partial charge in [-0.3, -0.25) is 4.79 Å². The largest absolute Gasteiger partial charge is 0.465 e. The lowest BCUT2D eigenvalue weighted by atomic mass is 10.2. The Balaban J connectivity index is 1.83. The second kappa shape index (κ2) is 7.83. The van der Waals surface area contributed by atoms with Crippen molar-refractivity contribution in [2.75, 3.05) is 24.3 Å². The Kier molecular flexibility index (Phi) is 5.54. The van der Waals surface area contributed by atoms with Gasteiger partial charge in [0.15, 0.2) is 0 Å². The summed E-state index contributed by atoms with van der Waals surface area (Å²) in [7, 11) is 1.32. The standard InChI is InChI=1S/C17H18N2O3/c1-22-17(21)13-6-5-9-15(12-13)19-16(20)10-11-18-14-7-3-2-4-8-14/h2-9,12,18H,10-11H2,1H3,(H,19,20). The molecular formula is C17H18N2O3. The fourth-order valence-electron chi connectivity index (χ4n) is 1.94. The minimum absolute atomic E-state index is 0.120. The van der Waals surface area contributed by atoms with Crippen LogP contribution in [0.1, 0.15) is 16.8 Å². The number of hydrogen-bond acceptors (Lipinski definition) is 4. The lowest BCUT2D eigenvalue weighted by Crippen LogP contribution is -2.16. The molecule has 0 spiro atoms. The molecule has 5 heteroatoms. The Morgan fingerprint density at radius 3 is 2.45 bits per heavy atom. The summed E-state index contributed by atoms with van der Waals surface area (Å²) in [6.07, 6.45) is 0.331. The fourth-order valence-corrected chi connectivity index (χ4v) is 1.94. The van der Waals surface area contributed by atoms with Gasteiger partial charge in [-0.1, -0.05) is 24.3 Å². The van der Waals surface area contributed by atoms with Crippen molar-refractivity contribution in [2.24, 2.45) is 0 Å².